The SMILES string of the molecule is CC(C)(C)c1ccc(NNc2cc(NNc3ccc(C(C)(C)C)cc3)c(O)cc2O)cc1. The first-order chi connectivity index (χ1) is 14.9. The highest BCUT2D eigenvalue weighted by Crippen LogP contribution is 2.35. The Morgan fingerprint density at radius 3 is 1.16 bits per heavy atom. The van der Waals surface area contributed by atoms with Crippen LogP contribution < -0.4 is 21.7 Å². The average molecular weight is 435 g/mol. The molecule has 32 heavy (non-hydrogen) atoms. The van der Waals surface area contributed by atoms with Crippen molar-refractivity contribution in [3.8, 4) is 11.5 Å². The van der Waals surface area contributed by atoms with Gasteiger partial charge in [-0.25, -0.2) is 0 Å². The number of hydrogen-bond donors (Lipinski definition) is 6. The topological polar surface area (TPSA) is 88.6 Å². The van der Waals surface area contributed by atoms with Gasteiger partial charge in [0.05, 0.1) is 22.7 Å². The molecule has 0 heterocycles. The van der Waals surface area contributed by atoms with Gasteiger partial charge in [0, 0.05) is 6.07 Å². The van der Waals surface area contributed by atoms with Crippen molar-refractivity contribution in [2.75, 3.05) is 21.7 Å². The van der Waals surface area contributed by atoms with Gasteiger partial charge in [-0.05, 0) is 52.3 Å². The molecule has 170 valence electrons. The second-order valence-corrected chi connectivity index (χ2v) is 10.0. The van der Waals surface area contributed by atoms with E-state index in [2.05, 4.69) is 87.5 Å². The lowest BCUT2D eigenvalue weighted by atomic mass is 9.87. The van der Waals surface area contributed by atoms with Gasteiger partial charge in [0.25, 0.3) is 0 Å². The van der Waals surface area contributed by atoms with Crippen molar-refractivity contribution >= 4 is 22.7 Å². The van der Waals surface area contributed by atoms with Gasteiger partial charge in [-0.2, -0.15) is 0 Å². The van der Waals surface area contributed by atoms with E-state index < -0.39 is 0 Å². The summed E-state index contributed by atoms with van der Waals surface area (Å²) in [5.41, 5.74) is 17.4. The van der Waals surface area contributed by atoms with E-state index in [0.717, 1.165) is 11.4 Å². The Bertz CT molecular complexity index is 965. The Labute approximate surface area is 190 Å². The summed E-state index contributed by atoms with van der Waals surface area (Å²) < 4.78 is 0. The molecule has 0 aliphatic carbocycles. The predicted octanol–water partition coefficient (Wildman–Crippen LogP) is 6.57. The minimum absolute atomic E-state index is 0.0682. The molecule has 3 rings (SSSR count). The number of anilines is 4. The van der Waals surface area contributed by atoms with Crippen molar-refractivity contribution in [1.82, 2.24) is 0 Å². The molecule has 0 saturated carbocycles. The number of benzene rings is 3. The highest BCUT2D eigenvalue weighted by molar-refractivity contribution is 5.72. The second-order valence-electron chi connectivity index (χ2n) is 10.0. The van der Waals surface area contributed by atoms with E-state index in [9.17, 15) is 10.2 Å². The van der Waals surface area contributed by atoms with Gasteiger partial charge in [0.2, 0.25) is 0 Å². The van der Waals surface area contributed by atoms with Crippen LogP contribution in [-0.2, 0) is 10.8 Å². The number of aromatic hydroxyl groups is 2. The van der Waals surface area contributed by atoms with Crippen molar-refractivity contribution < 1.29 is 10.2 Å². The quantitative estimate of drug-likeness (QED) is 0.149. The van der Waals surface area contributed by atoms with Crippen LogP contribution in [0.25, 0.3) is 0 Å². The van der Waals surface area contributed by atoms with E-state index >= 15 is 0 Å². The largest absolute Gasteiger partial charge is 0.506 e. The lowest BCUT2D eigenvalue weighted by Gasteiger charge is -2.20. The Morgan fingerprint density at radius 2 is 0.844 bits per heavy atom. The van der Waals surface area contributed by atoms with Crippen molar-refractivity contribution in [3.05, 3.63) is 71.8 Å². The van der Waals surface area contributed by atoms with E-state index in [-0.39, 0.29) is 22.3 Å². The molecule has 0 unspecified atom stereocenters. The van der Waals surface area contributed by atoms with Gasteiger partial charge in [-0.3, -0.25) is 10.9 Å². The normalized spacial score (nSPS) is 11.7. The summed E-state index contributed by atoms with van der Waals surface area (Å²) in [6.45, 7) is 13.0. The van der Waals surface area contributed by atoms with Gasteiger partial charge < -0.3 is 21.1 Å². The number of hydrazine groups is 2. The van der Waals surface area contributed by atoms with E-state index in [1.165, 1.54) is 17.2 Å². The zero-order valence-corrected chi connectivity index (χ0v) is 19.7. The van der Waals surface area contributed by atoms with E-state index in [1.54, 1.807) is 6.07 Å². The molecule has 0 aliphatic rings. The lowest BCUT2D eigenvalue weighted by molar-refractivity contribution is 0.453. The van der Waals surface area contributed by atoms with Crippen LogP contribution in [0.2, 0.25) is 0 Å². The molecule has 0 spiro atoms. The third-order valence-corrected chi connectivity index (χ3v) is 5.30. The Balaban J connectivity index is 1.66. The molecule has 6 N–H and O–H groups in total. The van der Waals surface area contributed by atoms with Crippen LogP contribution >= 0.6 is 0 Å². The zero-order valence-electron chi connectivity index (χ0n) is 19.7. The molecule has 6 nitrogen and oxygen atoms in total. The van der Waals surface area contributed by atoms with Crippen molar-refractivity contribution in [2.24, 2.45) is 0 Å². The lowest BCUT2D eigenvalue weighted by Crippen LogP contribution is -2.13. The molecular formula is C26H34N4O2. The van der Waals surface area contributed by atoms with Crippen LogP contribution in [0.5, 0.6) is 11.5 Å². The third kappa shape index (κ3) is 5.78. The number of phenols is 2. The summed E-state index contributed by atoms with van der Waals surface area (Å²) in [4.78, 5) is 0. The average Bonchev–Trinajstić information content (AvgIpc) is 2.72. The third-order valence-electron chi connectivity index (χ3n) is 5.30. The van der Waals surface area contributed by atoms with E-state index in [4.69, 9.17) is 0 Å². The van der Waals surface area contributed by atoms with Crippen LogP contribution in [0.3, 0.4) is 0 Å². The first-order valence-corrected chi connectivity index (χ1v) is 10.7. The van der Waals surface area contributed by atoms with Gasteiger partial charge in [-0.15, -0.1) is 0 Å². The van der Waals surface area contributed by atoms with Gasteiger partial charge in [0.15, 0.2) is 0 Å². The molecule has 0 saturated heterocycles. The molecule has 3 aromatic carbocycles. The molecule has 6 heteroatoms. The fourth-order valence-electron chi connectivity index (χ4n) is 3.16. The number of rotatable bonds is 6. The minimum Gasteiger partial charge on any atom is -0.506 e. The second kappa shape index (κ2) is 8.91. The first kappa shape index (κ1) is 23.1. The van der Waals surface area contributed by atoms with Gasteiger partial charge in [0.1, 0.15) is 11.5 Å². The molecule has 0 aliphatic heterocycles. The molecular weight excluding hydrogens is 400 g/mol. The van der Waals surface area contributed by atoms with Crippen LogP contribution in [0.1, 0.15) is 52.7 Å². The Kier molecular flexibility index (Phi) is 6.44. The molecule has 0 radical (unpaired) electrons. The molecule has 0 atom stereocenters. The summed E-state index contributed by atoms with van der Waals surface area (Å²) in [5.74, 6) is -0.136. The van der Waals surface area contributed by atoms with Gasteiger partial charge >= 0.3 is 0 Å². The first-order valence-electron chi connectivity index (χ1n) is 10.7. The van der Waals surface area contributed by atoms with Crippen LogP contribution in [0, 0.1) is 0 Å². The molecule has 0 bridgehead atoms. The van der Waals surface area contributed by atoms with Crippen molar-refractivity contribution in [3.63, 3.8) is 0 Å². The fraction of sp³-hybridized carbons (Fsp3) is 0.308. The van der Waals surface area contributed by atoms with Crippen molar-refractivity contribution in [1.29, 1.82) is 0 Å². The monoisotopic (exact) mass is 434 g/mol. The summed E-state index contributed by atoms with van der Waals surface area (Å²) >= 11 is 0. The number of nitrogens with one attached hydrogen (secondary N) is 4. The maximum absolute atomic E-state index is 10.2. The summed E-state index contributed by atoms with van der Waals surface area (Å²) in [6.07, 6.45) is 0. The highest BCUT2D eigenvalue weighted by atomic mass is 16.3. The number of phenolic OH excluding ortho intramolecular Hbond substituents is 2. The maximum Gasteiger partial charge on any atom is 0.144 e. The summed E-state index contributed by atoms with van der Waals surface area (Å²) in [5, 5.41) is 20.5. The minimum atomic E-state index is -0.0682. The fourth-order valence-corrected chi connectivity index (χ4v) is 3.16. The van der Waals surface area contributed by atoms with Gasteiger partial charge in [-0.1, -0.05) is 65.8 Å². The molecule has 0 fully saturated rings. The van der Waals surface area contributed by atoms with Crippen molar-refractivity contribution in [2.45, 2.75) is 52.4 Å². The Hall–Kier alpha value is -3.54. The maximum atomic E-state index is 10.2. The molecule has 0 aromatic heterocycles. The summed E-state index contributed by atoms with van der Waals surface area (Å²) in [6, 6.07) is 19.1. The molecule has 3 aromatic rings. The van der Waals surface area contributed by atoms with E-state index in [0.29, 0.717) is 11.4 Å². The van der Waals surface area contributed by atoms with Crippen LogP contribution in [0.15, 0.2) is 60.7 Å². The van der Waals surface area contributed by atoms with Crippen LogP contribution in [0.4, 0.5) is 22.7 Å². The standard InChI is InChI=1S/C26H34N4O2/c1-25(2,3)17-7-11-19(12-8-17)27-29-21-15-22(24(32)16-23(21)31)30-28-20-13-9-18(10-14-20)26(4,5)6/h7-16,27-32H,1-6H3. The van der Waals surface area contributed by atoms with Crippen LogP contribution in [-0.4, -0.2) is 10.2 Å². The smallest absolute Gasteiger partial charge is 0.144 e. The zero-order chi connectivity index (χ0) is 23.5. The molecule has 0 amide bonds. The predicted molar refractivity (Wildman–Crippen MR) is 135 cm³/mol. The number of hydrogen-bond acceptors (Lipinski definition) is 6. The Morgan fingerprint density at radius 1 is 0.500 bits per heavy atom. The van der Waals surface area contributed by atoms with E-state index in [1.807, 2.05) is 24.3 Å². The summed E-state index contributed by atoms with van der Waals surface area (Å²) in [7, 11) is 0. The highest BCUT2D eigenvalue weighted by Gasteiger charge is 2.14.